The molecule has 1 saturated heterocycles. The molecule has 1 N–H and O–H groups in total. The third-order valence-electron chi connectivity index (χ3n) is 4.44. The van der Waals surface area contributed by atoms with Gasteiger partial charge in [0.05, 0.1) is 12.7 Å². The number of likely N-dealkylation sites (N-methyl/N-ethyl adjacent to an activating group) is 1. The Morgan fingerprint density at radius 3 is 2.95 bits per heavy atom. The van der Waals surface area contributed by atoms with Crippen LogP contribution in [0.4, 0.5) is 0 Å². The van der Waals surface area contributed by atoms with Crippen molar-refractivity contribution in [1.29, 1.82) is 0 Å². The zero-order valence-corrected chi connectivity index (χ0v) is 12.7. The maximum absolute atomic E-state index is 12.3. The highest BCUT2D eigenvalue weighted by Crippen LogP contribution is 2.22. The fourth-order valence-corrected chi connectivity index (χ4v) is 3.17. The van der Waals surface area contributed by atoms with Gasteiger partial charge in [0.15, 0.2) is 0 Å². The summed E-state index contributed by atoms with van der Waals surface area (Å²) in [6.45, 7) is 3.18. The molecular weight excluding hydrogens is 264 g/mol. The van der Waals surface area contributed by atoms with Gasteiger partial charge in [-0.3, -0.25) is 4.79 Å². The van der Waals surface area contributed by atoms with E-state index in [1.165, 1.54) is 24.0 Å². The van der Waals surface area contributed by atoms with Crippen LogP contribution in [-0.2, 0) is 17.6 Å². The van der Waals surface area contributed by atoms with Crippen molar-refractivity contribution in [2.24, 2.45) is 0 Å². The zero-order chi connectivity index (χ0) is 14.7. The summed E-state index contributed by atoms with van der Waals surface area (Å²) in [6, 6.07) is 6.14. The number of rotatable bonds is 3. The van der Waals surface area contributed by atoms with Gasteiger partial charge in [-0.25, -0.2) is 0 Å². The van der Waals surface area contributed by atoms with Crippen LogP contribution in [0, 0.1) is 0 Å². The van der Waals surface area contributed by atoms with E-state index in [4.69, 9.17) is 4.74 Å². The molecule has 0 radical (unpaired) electrons. The van der Waals surface area contributed by atoms with Crippen LogP contribution in [-0.4, -0.2) is 50.2 Å². The van der Waals surface area contributed by atoms with Gasteiger partial charge in [0.25, 0.3) is 5.91 Å². The molecule has 0 bridgehead atoms. The summed E-state index contributed by atoms with van der Waals surface area (Å²) < 4.78 is 5.67. The Labute approximate surface area is 126 Å². The van der Waals surface area contributed by atoms with Gasteiger partial charge in [-0.05, 0) is 56.0 Å². The minimum atomic E-state index is 0.0141. The van der Waals surface area contributed by atoms with Crippen LogP contribution in [0.25, 0.3) is 0 Å². The average Bonchev–Trinajstić information content (AvgIpc) is 2.52. The molecular formula is C17H24N2O2. The molecule has 21 heavy (non-hydrogen) atoms. The van der Waals surface area contributed by atoms with Gasteiger partial charge >= 0.3 is 0 Å². The third kappa shape index (κ3) is 3.63. The lowest BCUT2D eigenvalue weighted by molar-refractivity contribution is -0.0175. The van der Waals surface area contributed by atoms with Crippen LogP contribution in [0.15, 0.2) is 18.2 Å². The number of hydrogen-bond donors (Lipinski definition) is 1. The average molecular weight is 288 g/mol. The number of nitrogens with zero attached hydrogens (tertiary/aromatic N) is 1. The summed E-state index contributed by atoms with van der Waals surface area (Å²) in [7, 11) is 2.08. The number of aryl methyl sites for hydroxylation is 2. The second-order valence-corrected chi connectivity index (χ2v) is 6.16. The van der Waals surface area contributed by atoms with Gasteiger partial charge in [-0.2, -0.15) is 0 Å². The van der Waals surface area contributed by atoms with Gasteiger partial charge in [0.1, 0.15) is 0 Å². The Balaban J connectivity index is 1.57. The molecule has 114 valence electrons. The maximum Gasteiger partial charge on any atom is 0.251 e. The molecule has 3 rings (SSSR count). The molecule has 4 heteroatoms. The highest BCUT2D eigenvalue weighted by atomic mass is 16.5. The summed E-state index contributed by atoms with van der Waals surface area (Å²) in [5, 5.41) is 3.01. The van der Waals surface area contributed by atoms with Crippen molar-refractivity contribution in [3.05, 3.63) is 34.9 Å². The molecule has 0 spiro atoms. The van der Waals surface area contributed by atoms with Crippen molar-refractivity contribution in [2.75, 3.05) is 33.3 Å². The molecule has 1 atom stereocenters. The van der Waals surface area contributed by atoms with E-state index in [2.05, 4.69) is 29.4 Å². The summed E-state index contributed by atoms with van der Waals surface area (Å²) in [4.78, 5) is 14.5. The van der Waals surface area contributed by atoms with Crippen LogP contribution in [0.3, 0.4) is 0 Å². The van der Waals surface area contributed by atoms with E-state index in [-0.39, 0.29) is 12.0 Å². The number of amides is 1. The lowest BCUT2D eigenvalue weighted by Gasteiger charge is -2.30. The van der Waals surface area contributed by atoms with Crippen molar-refractivity contribution in [2.45, 2.75) is 31.8 Å². The van der Waals surface area contributed by atoms with Crippen LogP contribution in [0.1, 0.15) is 34.3 Å². The smallest absolute Gasteiger partial charge is 0.251 e. The van der Waals surface area contributed by atoms with Gasteiger partial charge < -0.3 is 15.0 Å². The van der Waals surface area contributed by atoms with Crippen molar-refractivity contribution in [3.8, 4) is 0 Å². The van der Waals surface area contributed by atoms with Crippen molar-refractivity contribution in [3.63, 3.8) is 0 Å². The molecule has 2 aliphatic rings. The largest absolute Gasteiger partial charge is 0.374 e. The highest BCUT2D eigenvalue weighted by molar-refractivity contribution is 5.94. The van der Waals surface area contributed by atoms with E-state index < -0.39 is 0 Å². The van der Waals surface area contributed by atoms with E-state index in [1.54, 1.807) is 0 Å². The quantitative estimate of drug-likeness (QED) is 0.919. The van der Waals surface area contributed by atoms with E-state index in [9.17, 15) is 4.79 Å². The number of ether oxygens (including phenoxy) is 1. The topological polar surface area (TPSA) is 41.6 Å². The Bertz CT molecular complexity index is 516. The second kappa shape index (κ2) is 6.58. The zero-order valence-electron chi connectivity index (χ0n) is 12.7. The first-order valence-corrected chi connectivity index (χ1v) is 7.92. The van der Waals surface area contributed by atoms with E-state index >= 15 is 0 Å². The van der Waals surface area contributed by atoms with Crippen molar-refractivity contribution in [1.82, 2.24) is 10.2 Å². The number of hydrogen-bond acceptors (Lipinski definition) is 3. The number of nitrogens with one attached hydrogen (secondary N) is 1. The minimum Gasteiger partial charge on any atom is -0.374 e. The lowest BCUT2D eigenvalue weighted by atomic mass is 9.90. The first-order chi connectivity index (χ1) is 10.2. The molecule has 0 unspecified atom stereocenters. The monoisotopic (exact) mass is 288 g/mol. The fraction of sp³-hybridized carbons (Fsp3) is 0.588. The van der Waals surface area contributed by atoms with Crippen LogP contribution < -0.4 is 5.32 Å². The predicted octanol–water partition coefficient (Wildman–Crippen LogP) is 1.63. The lowest BCUT2D eigenvalue weighted by Crippen LogP contribution is -2.45. The van der Waals surface area contributed by atoms with E-state index in [1.807, 2.05) is 6.07 Å². The molecule has 1 amide bonds. The number of benzene rings is 1. The van der Waals surface area contributed by atoms with Crippen LogP contribution in [0.5, 0.6) is 0 Å². The second-order valence-electron chi connectivity index (χ2n) is 6.16. The summed E-state index contributed by atoms with van der Waals surface area (Å²) in [5.41, 5.74) is 3.54. The highest BCUT2D eigenvalue weighted by Gasteiger charge is 2.19. The molecule has 1 aromatic rings. The van der Waals surface area contributed by atoms with Crippen molar-refractivity contribution < 1.29 is 9.53 Å². The fourth-order valence-electron chi connectivity index (χ4n) is 3.17. The Morgan fingerprint density at radius 1 is 1.33 bits per heavy atom. The maximum atomic E-state index is 12.3. The molecule has 1 aliphatic carbocycles. The van der Waals surface area contributed by atoms with Gasteiger partial charge in [-0.15, -0.1) is 0 Å². The third-order valence-corrected chi connectivity index (χ3v) is 4.44. The molecule has 1 aliphatic heterocycles. The SMILES string of the molecule is CN1CCO[C@H](CNC(=O)c2ccc3c(c2)CCCC3)C1. The number of morpholine rings is 1. The Hall–Kier alpha value is -1.39. The predicted molar refractivity (Wildman–Crippen MR) is 82.7 cm³/mol. The number of fused-ring (bicyclic) bond motifs is 1. The van der Waals surface area contributed by atoms with Crippen molar-refractivity contribution >= 4 is 5.91 Å². The van der Waals surface area contributed by atoms with Gasteiger partial charge in [-0.1, -0.05) is 6.07 Å². The molecule has 0 aromatic heterocycles. The first kappa shape index (κ1) is 14.5. The van der Waals surface area contributed by atoms with Crippen LogP contribution >= 0.6 is 0 Å². The summed E-state index contributed by atoms with van der Waals surface area (Å²) in [5.74, 6) is 0.0141. The molecule has 1 fully saturated rings. The number of carbonyl (C=O) groups excluding carboxylic acids is 1. The molecule has 0 saturated carbocycles. The molecule has 1 heterocycles. The van der Waals surface area contributed by atoms with Gasteiger partial charge in [0, 0.05) is 25.2 Å². The Morgan fingerprint density at radius 2 is 2.14 bits per heavy atom. The first-order valence-electron chi connectivity index (χ1n) is 7.92. The number of carbonyl (C=O) groups is 1. The van der Waals surface area contributed by atoms with E-state index in [0.29, 0.717) is 6.54 Å². The minimum absolute atomic E-state index is 0.0141. The summed E-state index contributed by atoms with van der Waals surface area (Å²) in [6.07, 6.45) is 4.86. The molecule has 1 aromatic carbocycles. The van der Waals surface area contributed by atoms with Crippen LogP contribution in [0.2, 0.25) is 0 Å². The van der Waals surface area contributed by atoms with E-state index in [0.717, 1.165) is 38.1 Å². The summed E-state index contributed by atoms with van der Waals surface area (Å²) >= 11 is 0. The standard InChI is InChI=1S/C17H24N2O2/c1-19-8-9-21-16(12-19)11-18-17(20)15-7-6-13-4-2-3-5-14(13)10-15/h6-7,10,16H,2-5,8-9,11-12H2,1H3,(H,18,20)/t16-/m1/s1. The Kier molecular flexibility index (Phi) is 4.56. The van der Waals surface area contributed by atoms with Gasteiger partial charge in [0.2, 0.25) is 0 Å². The molecule has 4 nitrogen and oxygen atoms in total. The normalized spacial score (nSPS) is 22.6.